The average Bonchev–Trinajstić information content (AvgIpc) is 3.17. The number of amides is 1. The Hall–Kier alpha value is -3.73. The number of ether oxygens (including phenoxy) is 1. The Morgan fingerprint density at radius 3 is 2.62 bits per heavy atom. The van der Waals surface area contributed by atoms with Crippen LogP contribution in [0.2, 0.25) is 0 Å². The molecule has 0 saturated heterocycles. The molecule has 0 spiro atoms. The second-order valence-electron chi connectivity index (χ2n) is 6.93. The van der Waals surface area contributed by atoms with Crippen LogP contribution in [0.1, 0.15) is 24.6 Å². The van der Waals surface area contributed by atoms with E-state index in [1.165, 1.54) is 23.7 Å². The number of rotatable bonds is 9. The second kappa shape index (κ2) is 9.60. The summed E-state index contributed by atoms with van der Waals surface area (Å²) in [6.45, 7) is 3.14. The third-order valence-corrected chi connectivity index (χ3v) is 5.55. The van der Waals surface area contributed by atoms with Gasteiger partial charge in [0, 0.05) is 17.1 Å². The van der Waals surface area contributed by atoms with Gasteiger partial charge in [-0.1, -0.05) is 6.92 Å². The molecule has 0 radical (unpaired) electrons. The minimum atomic E-state index is -1.57. The first-order chi connectivity index (χ1) is 15.2. The van der Waals surface area contributed by atoms with Gasteiger partial charge in [-0.25, -0.2) is 9.78 Å². The molecule has 0 fully saturated rings. The number of nitrogens with one attached hydrogen (secondary N) is 1. The third-order valence-electron chi connectivity index (χ3n) is 4.56. The molecule has 1 aromatic carbocycles. The van der Waals surface area contributed by atoms with Crippen LogP contribution >= 0.6 is 11.3 Å². The van der Waals surface area contributed by atoms with Crippen molar-refractivity contribution in [2.24, 2.45) is 0 Å². The van der Waals surface area contributed by atoms with Gasteiger partial charge in [-0.15, -0.1) is 11.3 Å². The third kappa shape index (κ3) is 5.11. The molecule has 0 aliphatic heterocycles. The number of hydrogen-bond donors (Lipinski definition) is 3. The highest BCUT2D eigenvalue weighted by molar-refractivity contribution is 7.13. The lowest BCUT2D eigenvalue weighted by atomic mass is 10.1. The fourth-order valence-electron chi connectivity index (χ4n) is 2.99. The van der Waals surface area contributed by atoms with Crippen LogP contribution in [0.3, 0.4) is 0 Å². The van der Waals surface area contributed by atoms with Gasteiger partial charge in [0.1, 0.15) is 28.6 Å². The maximum absolute atomic E-state index is 13.0. The molecule has 2 aromatic heterocycles. The van der Waals surface area contributed by atoms with Crippen molar-refractivity contribution in [2.45, 2.75) is 32.7 Å². The van der Waals surface area contributed by atoms with Gasteiger partial charge in [0.25, 0.3) is 5.91 Å². The van der Waals surface area contributed by atoms with Gasteiger partial charge in [-0.3, -0.25) is 14.4 Å². The van der Waals surface area contributed by atoms with Crippen LogP contribution in [0, 0.1) is 6.92 Å². The van der Waals surface area contributed by atoms with Gasteiger partial charge in [0.15, 0.2) is 6.61 Å². The number of nitrogens with zero attached hydrogens (tertiary/aromatic N) is 1. The summed E-state index contributed by atoms with van der Waals surface area (Å²) in [5.41, 5.74) is 1.81. The van der Waals surface area contributed by atoms with E-state index < -0.39 is 36.9 Å². The van der Waals surface area contributed by atoms with E-state index in [0.717, 1.165) is 5.69 Å². The molecule has 3 aromatic rings. The van der Waals surface area contributed by atoms with Crippen molar-refractivity contribution in [2.75, 3.05) is 6.61 Å². The van der Waals surface area contributed by atoms with Crippen LogP contribution in [0.25, 0.3) is 21.5 Å². The lowest BCUT2D eigenvalue weighted by Crippen LogP contribution is -2.44. The number of carbonyl (C=O) groups is 3. The van der Waals surface area contributed by atoms with Gasteiger partial charge < -0.3 is 24.7 Å². The smallest absolute Gasteiger partial charge is 0.326 e. The van der Waals surface area contributed by atoms with Gasteiger partial charge in [0.05, 0.1) is 17.4 Å². The van der Waals surface area contributed by atoms with Gasteiger partial charge in [-0.05, 0) is 25.0 Å². The van der Waals surface area contributed by atoms with E-state index in [9.17, 15) is 19.2 Å². The molecular weight excluding hydrogens is 440 g/mol. The predicted octanol–water partition coefficient (Wildman–Crippen LogP) is 2.21. The van der Waals surface area contributed by atoms with Crippen molar-refractivity contribution in [3.05, 3.63) is 45.3 Å². The number of fused-ring (bicyclic) bond motifs is 1. The minimum Gasteiger partial charge on any atom is -0.483 e. The van der Waals surface area contributed by atoms with Crippen LogP contribution in [0.15, 0.2) is 33.0 Å². The van der Waals surface area contributed by atoms with Crippen LogP contribution in [-0.4, -0.2) is 45.7 Å². The van der Waals surface area contributed by atoms with Crippen LogP contribution in [0.5, 0.6) is 5.75 Å². The average molecular weight is 460 g/mol. The van der Waals surface area contributed by atoms with Crippen molar-refractivity contribution in [1.82, 2.24) is 10.3 Å². The minimum absolute atomic E-state index is 0.238. The first-order valence-corrected chi connectivity index (χ1v) is 10.4. The van der Waals surface area contributed by atoms with Gasteiger partial charge in [0.2, 0.25) is 5.43 Å². The zero-order valence-electron chi connectivity index (χ0n) is 17.2. The lowest BCUT2D eigenvalue weighted by Gasteiger charge is -2.14. The van der Waals surface area contributed by atoms with E-state index in [1.54, 1.807) is 6.07 Å². The Balaban J connectivity index is 1.83. The van der Waals surface area contributed by atoms with Crippen molar-refractivity contribution < 1.29 is 33.8 Å². The number of thiazole rings is 1. The van der Waals surface area contributed by atoms with Crippen molar-refractivity contribution >= 4 is 40.2 Å². The second-order valence-corrected chi connectivity index (χ2v) is 7.79. The molecule has 3 N–H and O–H groups in total. The van der Waals surface area contributed by atoms with Gasteiger partial charge >= 0.3 is 11.9 Å². The van der Waals surface area contributed by atoms with E-state index in [1.807, 2.05) is 19.2 Å². The largest absolute Gasteiger partial charge is 0.483 e. The normalized spacial score (nSPS) is 11.8. The Morgan fingerprint density at radius 1 is 1.28 bits per heavy atom. The molecule has 0 aliphatic rings. The monoisotopic (exact) mass is 460 g/mol. The molecule has 10 nitrogen and oxygen atoms in total. The lowest BCUT2D eigenvalue weighted by molar-refractivity contribution is -0.147. The topological polar surface area (TPSA) is 156 Å². The number of carboxylic acid groups (broad SMARTS) is 2. The molecule has 32 heavy (non-hydrogen) atoms. The van der Waals surface area contributed by atoms with Crippen LogP contribution in [0.4, 0.5) is 0 Å². The van der Waals surface area contributed by atoms with Gasteiger partial charge in [-0.2, -0.15) is 0 Å². The Kier molecular flexibility index (Phi) is 6.89. The highest BCUT2D eigenvalue weighted by atomic mass is 32.1. The van der Waals surface area contributed by atoms with Crippen LogP contribution < -0.4 is 15.5 Å². The Labute approximate surface area is 185 Å². The summed E-state index contributed by atoms with van der Waals surface area (Å²) in [6, 6.07) is 1.55. The molecule has 1 amide bonds. The summed E-state index contributed by atoms with van der Waals surface area (Å²) in [7, 11) is 0. The fraction of sp³-hybridized carbons (Fsp3) is 0.286. The number of aliphatic carboxylic acids is 2. The number of aromatic nitrogens is 1. The summed E-state index contributed by atoms with van der Waals surface area (Å²) in [4.78, 5) is 51.2. The molecule has 1 atom stereocenters. The standard InChI is InChI=1S/C21H20N2O8S/c1-3-11-4-12-16(30-7-13(19(12)27)20-22-10(2)9-32-20)6-15(11)31-8-17(24)23-14(21(28)29)5-18(25)26/h4,6-7,9,14H,3,5,8H2,1-2H3,(H,23,24)(H,25,26)(H,28,29)/t14-/m0/s1. The summed E-state index contributed by atoms with van der Waals surface area (Å²) >= 11 is 1.34. The molecular formula is C21H20N2O8S. The van der Waals surface area contributed by atoms with Crippen molar-refractivity contribution in [1.29, 1.82) is 0 Å². The number of benzene rings is 1. The van der Waals surface area contributed by atoms with E-state index >= 15 is 0 Å². The number of hydrogen-bond acceptors (Lipinski definition) is 8. The molecule has 0 aliphatic carbocycles. The van der Waals surface area contributed by atoms with E-state index in [4.69, 9.17) is 19.4 Å². The zero-order chi connectivity index (χ0) is 23.4. The molecule has 0 saturated carbocycles. The Morgan fingerprint density at radius 2 is 2.03 bits per heavy atom. The molecule has 0 bridgehead atoms. The maximum Gasteiger partial charge on any atom is 0.326 e. The van der Waals surface area contributed by atoms with Crippen molar-refractivity contribution in [3.63, 3.8) is 0 Å². The molecule has 2 heterocycles. The first-order valence-electron chi connectivity index (χ1n) is 9.57. The summed E-state index contributed by atoms with van der Waals surface area (Å²) in [5, 5.41) is 22.6. The summed E-state index contributed by atoms with van der Waals surface area (Å²) in [5.74, 6) is -3.32. The number of aryl methyl sites for hydroxylation is 2. The molecule has 11 heteroatoms. The van der Waals surface area contributed by atoms with Crippen LogP contribution in [-0.2, 0) is 20.8 Å². The van der Waals surface area contributed by atoms with Crippen molar-refractivity contribution in [3.8, 4) is 16.3 Å². The molecule has 0 unspecified atom stereocenters. The highest BCUT2D eigenvalue weighted by Crippen LogP contribution is 2.28. The maximum atomic E-state index is 13.0. The SMILES string of the molecule is CCc1cc2c(=O)c(-c3nc(C)cs3)coc2cc1OCC(=O)N[C@@H](CC(=O)O)C(=O)O. The first kappa shape index (κ1) is 22.9. The summed E-state index contributed by atoms with van der Waals surface area (Å²) in [6.07, 6.45) is 1.06. The molecule has 3 rings (SSSR count). The van der Waals surface area contributed by atoms with E-state index in [2.05, 4.69) is 10.3 Å². The number of carbonyl (C=O) groups excluding carboxylic acids is 1. The number of carboxylic acids is 2. The predicted molar refractivity (Wildman–Crippen MR) is 115 cm³/mol. The Bertz CT molecular complexity index is 1250. The zero-order valence-corrected chi connectivity index (χ0v) is 18.0. The van der Waals surface area contributed by atoms with E-state index in [-0.39, 0.29) is 11.0 Å². The fourth-order valence-corrected chi connectivity index (χ4v) is 3.79. The van der Waals surface area contributed by atoms with E-state index in [0.29, 0.717) is 33.7 Å². The highest BCUT2D eigenvalue weighted by Gasteiger charge is 2.23. The molecule has 168 valence electrons. The quantitative estimate of drug-likeness (QED) is 0.435. The summed E-state index contributed by atoms with van der Waals surface area (Å²) < 4.78 is 11.1.